The normalized spacial score (nSPS) is 18.5. The van der Waals surface area contributed by atoms with Gasteiger partial charge in [0.25, 0.3) is 0 Å². The highest BCUT2D eigenvalue weighted by molar-refractivity contribution is 5.92. The lowest BCUT2D eigenvalue weighted by Gasteiger charge is -2.27. The van der Waals surface area contributed by atoms with Gasteiger partial charge < -0.3 is 4.74 Å². The number of allylic oxidation sites excluding steroid dienone is 3. The second kappa shape index (κ2) is 5.43. The largest absolute Gasteiger partial charge is 0.497 e. The first-order valence-electron chi connectivity index (χ1n) is 6.54. The molecule has 0 N–H and O–H groups in total. The van der Waals surface area contributed by atoms with E-state index in [0.29, 0.717) is 6.42 Å². The average Bonchev–Trinajstić information content (AvgIpc) is 2.34. The number of benzene rings is 1. The summed E-state index contributed by atoms with van der Waals surface area (Å²) in [4.78, 5) is 11.7. The number of hydrogen-bond acceptors (Lipinski definition) is 2. The zero-order valence-corrected chi connectivity index (χ0v) is 11.8. The third-order valence-electron chi connectivity index (χ3n) is 3.29. The van der Waals surface area contributed by atoms with E-state index >= 15 is 0 Å². The number of methoxy groups -OCH3 is 1. The van der Waals surface area contributed by atoms with Crippen molar-refractivity contribution in [2.24, 2.45) is 5.41 Å². The lowest BCUT2D eigenvalue weighted by Crippen LogP contribution is -2.21. The molecule has 0 spiro atoms. The highest BCUT2D eigenvalue weighted by atomic mass is 16.5. The van der Waals surface area contributed by atoms with Crippen molar-refractivity contribution in [3.63, 3.8) is 0 Å². The first kappa shape index (κ1) is 13.6. The van der Waals surface area contributed by atoms with Gasteiger partial charge in [0.15, 0.2) is 5.78 Å². The number of carbonyl (C=O) groups is 1. The van der Waals surface area contributed by atoms with Gasteiger partial charge >= 0.3 is 0 Å². The molecule has 0 unspecified atom stereocenters. The van der Waals surface area contributed by atoms with Crippen molar-refractivity contribution < 1.29 is 9.53 Å². The van der Waals surface area contributed by atoms with Crippen molar-refractivity contribution in [1.29, 1.82) is 0 Å². The topological polar surface area (TPSA) is 26.3 Å². The van der Waals surface area contributed by atoms with Crippen LogP contribution in [0.4, 0.5) is 0 Å². The van der Waals surface area contributed by atoms with Crippen LogP contribution in [-0.2, 0) is 4.79 Å². The van der Waals surface area contributed by atoms with Gasteiger partial charge in [-0.05, 0) is 41.2 Å². The Labute approximate surface area is 114 Å². The van der Waals surface area contributed by atoms with Crippen LogP contribution in [0.15, 0.2) is 42.0 Å². The van der Waals surface area contributed by atoms with Gasteiger partial charge in [-0.15, -0.1) is 0 Å². The smallest absolute Gasteiger partial charge is 0.156 e. The van der Waals surface area contributed by atoms with Gasteiger partial charge in [-0.3, -0.25) is 4.79 Å². The molecule has 0 aliphatic heterocycles. The maximum absolute atomic E-state index is 11.7. The monoisotopic (exact) mass is 256 g/mol. The second-order valence-electron chi connectivity index (χ2n) is 5.81. The van der Waals surface area contributed by atoms with Crippen LogP contribution in [0.3, 0.4) is 0 Å². The first-order valence-corrected chi connectivity index (χ1v) is 6.54. The Morgan fingerprint density at radius 3 is 2.37 bits per heavy atom. The summed E-state index contributed by atoms with van der Waals surface area (Å²) in [6.07, 6.45) is 7.45. The minimum Gasteiger partial charge on any atom is -0.497 e. The van der Waals surface area contributed by atoms with Crippen LogP contribution in [0, 0.1) is 5.41 Å². The van der Waals surface area contributed by atoms with Crippen molar-refractivity contribution in [2.45, 2.75) is 26.7 Å². The fraction of sp³-hybridized carbons (Fsp3) is 0.353. The summed E-state index contributed by atoms with van der Waals surface area (Å²) in [6, 6.07) is 7.88. The minimum atomic E-state index is 0.0748. The van der Waals surface area contributed by atoms with Crippen molar-refractivity contribution in [2.75, 3.05) is 7.11 Å². The van der Waals surface area contributed by atoms with E-state index in [-0.39, 0.29) is 11.2 Å². The Morgan fingerprint density at radius 1 is 1.11 bits per heavy atom. The van der Waals surface area contributed by atoms with Crippen LogP contribution in [0.5, 0.6) is 5.75 Å². The molecule has 0 saturated carbocycles. The van der Waals surface area contributed by atoms with E-state index in [1.165, 1.54) is 0 Å². The molecule has 0 fully saturated rings. The standard InChI is InChI=1S/C17H20O2/c1-17(2)11-14(10-15(18)12-17)5-4-13-6-8-16(19-3)9-7-13/h4-10H,11-12H2,1-3H3. The third-order valence-corrected chi connectivity index (χ3v) is 3.29. The van der Waals surface area contributed by atoms with Crippen molar-refractivity contribution in [3.8, 4) is 5.75 Å². The Hall–Kier alpha value is -1.83. The molecule has 100 valence electrons. The molecule has 0 aromatic heterocycles. The third kappa shape index (κ3) is 3.82. The molecular weight excluding hydrogens is 236 g/mol. The molecule has 2 rings (SSSR count). The molecule has 1 aromatic rings. The van der Waals surface area contributed by atoms with Crippen LogP contribution in [-0.4, -0.2) is 12.9 Å². The average molecular weight is 256 g/mol. The zero-order valence-electron chi connectivity index (χ0n) is 11.8. The van der Waals surface area contributed by atoms with Gasteiger partial charge in [0.05, 0.1) is 7.11 Å². The van der Waals surface area contributed by atoms with E-state index in [4.69, 9.17) is 4.74 Å². The molecule has 0 amide bonds. The predicted octanol–water partition coefficient (Wildman–Crippen LogP) is 4.02. The molecular formula is C17H20O2. The summed E-state index contributed by atoms with van der Waals surface area (Å²) in [6.45, 7) is 4.28. The number of hydrogen-bond donors (Lipinski definition) is 0. The van der Waals surface area contributed by atoms with E-state index in [1.54, 1.807) is 13.2 Å². The molecule has 2 nitrogen and oxygen atoms in total. The second-order valence-corrected chi connectivity index (χ2v) is 5.81. The van der Waals surface area contributed by atoms with Crippen molar-refractivity contribution >= 4 is 11.9 Å². The molecule has 0 bridgehead atoms. The van der Waals surface area contributed by atoms with Crippen LogP contribution in [0.2, 0.25) is 0 Å². The van der Waals surface area contributed by atoms with Gasteiger partial charge in [-0.2, -0.15) is 0 Å². The molecule has 2 heteroatoms. The highest BCUT2D eigenvalue weighted by Gasteiger charge is 2.26. The number of ether oxygens (including phenoxy) is 1. The maximum atomic E-state index is 11.7. The summed E-state index contributed by atoms with van der Waals surface area (Å²) in [7, 11) is 1.66. The number of rotatable bonds is 3. The lowest BCUT2D eigenvalue weighted by molar-refractivity contribution is -0.116. The Balaban J connectivity index is 2.11. The molecule has 19 heavy (non-hydrogen) atoms. The van der Waals surface area contributed by atoms with Gasteiger partial charge in [0, 0.05) is 6.42 Å². The quantitative estimate of drug-likeness (QED) is 0.816. The maximum Gasteiger partial charge on any atom is 0.156 e. The highest BCUT2D eigenvalue weighted by Crippen LogP contribution is 2.34. The van der Waals surface area contributed by atoms with Gasteiger partial charge in [0.2, 0.25) is 0 Å². The van der Waals surface area contributed by atoms with Crippen molar-refractivity contribution in [1.82, 2.24) is 0 Å². The van der Waals surface area contributed by atoms with E-state index in [1.807, 2.05) is 36.4 Å². The lowest BCUT2D eigenvalue weighted by atomic mass is 9.77. The number of carbonyl (C=O) groups excluding carboxylic acids is 1. The predicted molar refractivity (Wildman–Crippen MR) is 78.1 cm³/mol. The SMILES string of the molecule is COc1ccc(C=CC2=CC(=O)CC(C)(C)C2)cc1. The van der Waals surface area contributed by atoms with Crippen LogP contribution in [0.1, 0.15) is 32.3 Å². The first-order chi connectivity index (χ1) is 8.98. The molecule has 1 aliphatic rings. The van der Waals surface area contributed by atoms with Crippen LogP contribution >= 0.6 is 0 Å². The molecule has 1 aliphatic carbocycles. The fourth-order valence-corrected chi connectivity index (χ4v) is 2.42. The molecule has 0 atom stereocenters. The minimum absolute atomic E-state index is 0.0748. The van der Waals surface area contributed by atoms with Crippen molar-refractivity contribution in [3.05, 3.63) is 47.6 Å². The molecule has 0 radical (unpaired) electrons. The van der Waals surface area contributed by atoms with Crippen LogP contribution < -0.4 is 4.74 Å². The molecule has 0 saturated heterocycles. The summed E-state index contributed by atoms with van der Waals surface area (Å²) >= 11 is 0. The Bertz CT molecular complexity index is 519. The zero-order chi connectivity index (χ0) is 13.9. The van der Waals surface area contributed by atoms with Crippen LogP contribution in [0.25, 0.3) is 6.08 Å². The Kier molecular flexibility index (Phi) is 3.89. The molecule has 0 heterocycles. The summed E-state index contributed by atoms with van der Waals surface area (Å²) in [5, 5.41) is 0. The summed E-state index contributed by atoms with van der Waals surface area (Å²) < 4.78 is 5.12. The van der Waals surface area contributed by atoms with E-state index in [9.17, 15) is 4.79 Å². The van der Waals surface area contributed by atoms with E-state index in [0.717, 1.165) is 23.3 Å². The van der Waals surface area contributed by atoms with Gasteiger partial charge in [0.1, 0.15) is 5.75 Å². The van der Waals surface area contributed by atoms with E-state index in [2.05, 4.69) is 13.8 Å². The summed E-state index contributed by atoms with van der Waals surface area (Å²) in [5.41, 5.74) is 2.29. The number of ketones is 1. The van der Waals surface area contributed by atoms with E-state index < -0.39 is 0 Å². The van der Waals surface area contributed by atoms with Gasteiger partial charge in [-0.1, -0.05) is 38.1 Å². The Morgan fingerprint density at radius 2 is 1.79 bits per heavy atom. The molecule has 1 aromatic carbocycles. The summed E-state index contributed by atoms with van der Waals surface area (Å²) in [5.74, 6) is 1.08. The van der Waals surface area contributed by atoms with Gasteiger partial charge in [-0.25, -0.2) is 0 Å². The fourth-order valence-electron chi connectivity index (χ4n) is 2.42.